The average Bonchev–Trinajstić information content (AvgIpc) is 2.86. The van der Waals surface area contributed by atoms with Gasteiger partial charge in [0.05, 0.1) is 12.8 Å². The molecule has 0 radical (unpaired) electrons. The summed E-state index contributed by atoms with van der Waals surface area (Å²) >= 11 is 0. The highest BCUT2D eigenvalue weighted by molar-refractivity contribution is 5.94. The standard InChI is InChI=1S/C24H28N6O4/c1-33-21-6-2-15-3-7-22(32)30(24(15)29-21)11-9-17-12-16(8-10-25-17)26-13-18-4-5-19-23(27-18)28-20(31)14-34-19/h2-7,16-17,25-26H,8-14H2,1H3,(H,27,28,31). The number of pyridine rings is 3. The zero-order valence-electron chi connectivity index (χ0n) is 19.0. The van der Waals surface area contributed by atoms with Crippen LogP contribution in [0.3, 0.4) is 0 Å². The average molecular weight is 465 g/mol. The molecule has 0 aliphatic carbocycles. The number of fused-ring (bicyclic) bond motifs is 2. The van der Waals surface area contributed by atoms with Gasteiger partial charge in [0.15, 0.2) is 18.2 Å². The van der Waals surface area contributed by atoms with Gasteiger partial charge in [-0.05, 0) is 50.1 Å². The van der Waals surface area contributed by atoms with Crippen LogP contribution in [0, 0.1) is 0 Å². The number of carbonyl (C=O) groups excluding carboxylic acids is 1. The van der Waals surface area contributed by atoms with Gasteiger partial charge in [0.1, 0.15) is 5.65 Å². The topological polar surface area (TPSA) is 119 Å². The molecule has 1 fully saturated rings. The summed E-state index contributed by atoms with van der Waals surface area (Å²) < 4.78 is 12.3. The van der Waals surface area contributed by atoms with E-state index in [1.165, 1.54) is 0 Å². The first-order valence-electron chi connectivity index (χ1n) is 11.5. The maximum absolute atomic E-state index is 12.6. The number of aromatic nitrogens is 3. The lowest BCUT2D eigenvalue weighted by atomic mass is 9.97. The lowest BCUT2D eigenvalue weighted by Crippen LogP contribution is -2.46. The second kappa shape index (κ2) is 9.78. The Balaban J connectivity index is 1.20. The number of anilines is 1. The van der Waals surface area contributed by atoms with Crippen molar-refractivity contribution in [2.45, 2.75) is 44.4 Å². The zero-order chi connectivity index (χ0) is 23.5. The van der Waals surface area contributed by atoms with Crippen molar-refractivity contribution in [3.63, 3.8) is 0 Å². The first-order valence-corrected chi connectivity index (χ1v) is 11.5. The van der Waals surface area contributed by atoms with E-state index < -0.39 is 0 Å². The molecule has 34 heavy (non-hydrogen) atoms. The maximum atomic E-state index is 12.6. The first-order chi connectivity index (χ1) is 16.6. The third-order valence-corrected chi connectivity index (χ3v) is 6.32. The molecule has 178 valence electrons. The van der Waals surface area contributed by atoms with Gasteiger partial charge in [-0.25, -0.2) is 4.98 Å². The van der Waals surface area contributed by atoms with Crippen molar-refractivity contribution < 1.29 is 14.3 Å². The summed E-state index contributed by atoms with van der Waals surface area (Å²) in [7, 11) is 1.57. The second-order valence-corrected chi connectivity index (χ2v) is 8.62. The Kier molecular flexibility index (Phi) is 6.41. The minimum absolute atomic E-state index is 0.0250. The normalized spacial score (nSPS) is 19.9. The monoisotopic (exact) mass is 464 g/mol. The van der Waals surface area contributed by atoms with Crippen molar-refractivity contribution in [2.24, 2.45) is 0 Å². The van der Waals surface area contributed by atoms with E-state index in [1.54, 1.807) is 29.9 Å². The molecule has 2 aliphatic heterocycles. The number of hydrogen-bond acceptors (Lipinski definition) is 8. The van der Waals surface area contributed by atoms with Gasteiger partial charge in [-0.2, -0.15) is 4.98 Å². The van der Waals surface area contributed by atoms with E-state index in [1.807, 2.05) is 18.2 Å². The number of hydrogen-bond donors (Lipinski definition) is 3. The molecule has 1 saturated heterocycles. The molecule has 3 N–H and O–H groups in total. The maximum Gasteiger partial charge on any atom is 0.263 e. The molecule has 5 heterocycles. The van der Waals surface area contributed by atoms with Gasteiger partial charge in [0.2, 0.25) is 5.88 Å². The number of methoxy groups -OCH3 is 1. The predicted molar refractivity (Wildman–Crippen MR) is 127 cm³/mol. The molecule has 3 aromatic heterocycles. The molecule has 2 aliphatic rings. The quantitative estimate of drug-likeness (QED) is 0.481. The van der Waals surface area contributed by atoms with Gasteiger partial charge in [0.25, 0.3) is 11.5 Å². The predicted octanol–water partition coefficient (Wildman–Crippen LogP) is 1.43. The summed E-state index contributed by atoms with van der Waals surface area (Å²) in [6.07, 6.45) is 2.77. The number of ether oxygens (including phenoxy) is 2. The Morgan fingerprint density at radius 3 is 2.94 bits per heavy atom. The fourth-order valence-corrected chi connectivity index (χ4v) is 4.52. The van der Waals surface area contributed by atoms with E-state index >= 15 is 0 Å². The van der Waals surface area contributed by atoms with Gasteiger partial charge in [-0.1, -0.05) is 0 Å². The molecular weight excluding hydrogens is 436 g/mol. The number of aryl methyl sites for hydroxylation is 1. The van der Waals surface area contributed by atoms with Crippen molar-refractivity contribution in [3.8, 4) is 11.6 Å². The Morgan fingerprint density at radius 2 is 2.06 bits per heavy atom. The SMILES string of the molecule is COc1ccc2ccc(=O)n(CCC3CC(NCc4ccc5c(n4)NC(=O)CO5)CCN3)c2n1. The van der Waals surface area contributed by atoms with Crippen molar-refractivity contribution >= 4 is 22.8 Å². The highest BCUT2D eigenvalue weighted by Crippen LogP contribution is 2.25. The molecule has 2 unspecified atom stereocenters. The molecule has 0 aromatic carbocycles. The second-order valence-electron chi connectivity index (χ2n) is 8.62. The van der Waals surface area contributed by atoms with Crippen molar-refractivity contribution in [1.29, 1.82) is 0 Å². The Morgan fingerprint density at radius 1 is 1.18 bits per heavy atom. The van der Waals surface area contributed by atoms with Crippen molar-refractivity contribution in [3.05, 3.63) is 52.4 Å². The molecule has 10 nitrogen and oxygen atoms in total. The summed E-state index contributed by atoms with van der Waals surface area (Å²) in [4.78, 5) is 33.1. The van der Waals surface area contributed by atoms with Crippen molar-refractivity contribution in [1.82, 2.24) is 25.2 Å². The summed E-state index contributed by atoms with van der Waals surface area (Å²) in [5, 5.41) is 10.8. The Bertz CT molecular complexity index is 1260. The van der Waals surface area contributed by atoms with Crippen LogP contribution in [0.25, 0.3) is 11.0 Å². The number of piperidine rings is 1. The Hall–Kier alpha value is -3.50. The number of amides is 1. The Labute approximate surface area is 196 Å². The van der Waals surface area contributed by atoms with Gasteiger partial charge in [-0.3, -0.25) is 14.2 Å². The van der Waals surface area contributed by atoms with Gasteiger partial charge in [0, 0.05) is 42.7 Å². The highest BCUT2D eigenvalue weighted by atomic mass is 16.5. The van der Waals surface area contributed by atoms with Crippen LogP contribution >= 0.6 is 0 Å². The summed E-state index contributed by atoms with van der Waals surface area (Å²) in [5.41, 5.74) is 1.43. The minimum Gasteiger partial charge on any atom is -0.481 e. The number of rotatable bonds is 7. The van der Waals surface area contributed by atoms with Crippen molar-refractivity contribution in [2.75, 3.05) is 25.6 Å². The van der Waals surface area contributed by atoms with E-state index in [0.717, 1.165) is 36.9 Å². The molecule has 0 bridgehead atoms. The van der Waals surface area contributed by atoms with E-state index in [-0.39, 0.29) is 24.1 Å². The molecule has 10 heteroatoms. The molecule has 0 saturated carbocycles. The highest BCUT2D eigenvalue weighted by Gasteiger charge is 2.22. The van der Waals surface area contributed by atoms with E-state index in [0.29, 0.717) is 42.2 Å². The van der Waals surface area contributed by atoms with Crippen LogP contribution in [0.1, 0.15) is 25.0 Å². The van der Waals surface area contributed by atoms with E-state index in [9.17, 15) is 9.59 Å². The van der Waals surface area contributed by atoms with E-state index in [2.05, 4.69) is 25.9 Å². The summed E-state index contributed by atoms with van der Waals surface area (Å²) in [5.74, 6) is 1.38. The number of nitrogens with zero attached hydrogens (tertiary/aromatic N) is 3. The molecular formula is C24H28N6O4. The van der Waals surface area contributed by atoms with Gasteiger partial charge in [-0.15, -0.1) is 0 Å². The molecule has 3 aromatic rings. The van der Waals surface area contributed by atoms with E-state index in [4.69, 9.17) is 9.47 Å². The molecule has 2 atom stereocenters. The lowest BCUT2D eigenvalue weighted by molar-refractivity contribution is -0.118. The smallest absolute Gasteiger partial charge is 0.263 e. The van der Waals surface area contributed by atoms with Crippen LogP contribution in [-0.4, -0.2) is 52.8 Å². The van der Waals surface area contributed by atoms with Crippen LogP contribution in [-0.2, 0) is 17.9 Å². The van der Waals surface area contributed by atoms with Crippen LogP contribution in [0.2, 0.25) is 0 Å². The van der Waals surface area contributed by atoms with Crippen LogP contribution < -0.4 is 31.0 Å². The number of carbonyl (C=O) groups is 1. The summed E-state index contributed by atoms with van der Waals surface area (Å²) in [6.45, 7) is 2.11. The fourth-order valence-electron chi connectivity index (χ4n) is 4.52. The van der Waals surface area contributed by atoms with Crippen LogP contribution in [0.4, 0.5) is 5.82 Å². The molecule has 0 spiro atoms. The fraction of sp³-hybridized carbons (Fsp3) is 0.417. The number of nitrogens with one attached hydrogen (secondary N) is 3. The van der Waals surface area contributed by atoms with Gasteiger partial charge < -0.3 is 25.4 Å². The zero-order valence-corrected chi connectivity index (χ0v) is 19.0. The third-order valence-electron chi connectivity index (χ3n) is 6.32. The summed E-state index contributed by atoms with van der Waals surface area (Å²) in [6, 6.07) is 11.5. The third kappa shape index (κ3) is 4.87. The van der Waals surface area contributed by atoms with Gasteiger partial charge >= 0.3 is 0 Å². The van der Waals surface area contributed by atoms with Crippen LogP contribution in [0.5, 0.6) is 11.6 Å². The lowest BCUT2D eigenvalue weighted by Gasteiger charge is -2.31. The van der Waals surface area contributed by atoms with Crippen LogP contribution in [0.15, 0.2) is 41.2 Å². The largest absolute Gasteiger partial charge is 0.481 e. The molecule has 1 amide bonds. The molecule has 5 rings (SSSR count). The first kappa shape index (κ1) is 22.3. The minimum atomic E-state index is -0.190.